The summed E-state index contributed by atoms with van der Waals surface area (Å²) in [4.78, 5) is 0. The number of rotatable bonds is 16. The van der Waals surface area contributed by atoms with E-state index < -0.39 is 6.23 Å². The monoisotopic (exact) mass is 299 g/mol. The molecule has 2 nitrogen and oxygen atoms in total. The van der Waals surface area contributed by atoms with Gasteiger partial charge in [0.1, 0.15) is 6.23 Å². The van der Waals surface area contributed by atoms with E-state index in [0.717, 1.165) is 6.42 Å². The third-order valence-corrected chi connectivity index (χ3v) is 4.60. The fourth-order valence-electron chi connectivity index (χ4n) is 2.83. The van der Waals surface area contributed by atoms with Crippen LogP contribution < -0.4 is 5.73 Å². The maximum absolute atomic E-state index is 9.20. The molecule has 2 heteroatoms. The minimum absolute atomic E-state index is 0.252. The lowest BCUT2D eigenvalue weighted by Gasteiger charge is -2.13. The Morgan fingerprint density at radius 1 is 0.667 bits per heavy atom. The topological polar surface area (TPSA) is 46.2 Å². The molecular formula is C19H41NO. The first-order chi connectivity index (χ1) is 10.2. The van der Waals surface area contributed by atoms with Gasteiger partial charge in [0.2, 0.25) is 0 Å². The molecular weight excluding hydrogens is 258 g/mol. The fourth-order valence-corrected chi connectivity index (χ4v) is 2.83. The van der Waals surface area contributed by atoms with Crippen molar-refractivity contribution in [1.29, 1.82) is 0 Å². The van der Waals surface area contributed by atoms with Gasteiger partial charge in [0.25, 0.3) is 0 Å². The van der Waals surface area contributed by atoms with Crippen molar-refractivity contribution in [2.75, 3.05) is 0 Å². The summed E-state index contributed by atoms with van der Waals surface area (Å²) < 4.78 is 0. The third kappa shape index (κ3) is 16.1. The highest BCUT2D eigenvalue weighted by Gasteiger charge is 2.07. The molecule has 2 unspecified atom stereocenters. The first-order valence-electron chi connectivity index (χ1n) is 9.62. The summed E-state index contributed by atoms with van der Waals surface area (Å²) in [7, 11) is 0. The second kappa shape index (κ2) is 16.3. The van der Waals surface area contributed by atoms with E-state index in [4.69, 9.17) is 5.73 Å². The Kier molecular flexibility index (Phi) is 16.2. The number of unbranched alkanes of at least 4 members (excludes halogenated alkanes) is 13. The Morgan fingerprint density at radius 2 is 1.00 bits per heavy atom. The van der Waals surface area contributed by atoms with Gasteiger partial charge in [-0.1, -0.05) is 104 Å². The van der Waals surface area contributed by atoms with E-state index in [0.29, 0.717) is 0 Å². The first kappa shape index (κ1) is 20.9. The van der Waals surface area contributed by atoms with E-state index in [2.05, 4.69) is 6.92 Å². The van der Waals surface area contributed by atoms with Crippen LogP contribution in [0.15, 0.2) is 0 Å². The first-order valence-corrected chi connectivity index (χ1v) is 9.62. The third-order valence-electron chi connectivity index (χ3n) is 4.60. The van der Waals surface area contributed by atoms with Crippen molar-refractivity contribution >= 4 is 0 Å². The SMILES string of the molecule is CCCCCCCCCCCCCCCCC(C)C(N)O. The lowest BCUT2D eigenvalue weighted by atomic mass is 10.00. The molecule has 21 heavy (non-hydrogen) atoms. The van der Waals surface area contributed by atoms with Gasteiger partial charge in [-0.2, -0.15) is 0 Å². The van der Waals surface area contributed by atoms with E-state index in [1.165, 1.54) is 89.9 Å². The molecule has 2 atom stereocenters. The van der Waals surface area contributed by atoms with Crippen molar-refractivity contribution < 1.29 is 5.11 Å². The number of hydrogen-bond donors (Lipinski definition) is 2. The highest BCUT2D eigenvalue weighted by molar-refractivity contribution is 4.58. The van der Waals surface area contributed by atoms with Crippen molar-refractivity contribution in [3.8, 4) is 0 Å². The van der Waals surface area contributed by atoms with Crippen LogP contribution in [0.4, 0.5) is 0 Å². The van der Waals surface area contributed by atoms with Crippen LogP contribution >= 0.6 is 0 Å². The molecule has 128 valence electrons. The van der Waals surface area contributed by atoms with Crippen molar-refractivity contribution in [2.24, 2.45) is 11.7 Å². The molecule has 0 bridgehead atoms. The zero-order valence-electron chi connectivity index (χ0n) is 14.8. The van der Waals surface area contributed by atoms with Crippen molar-refractivity contribution in [3.63, 3.8) is 0 Å². The molecule has 0 aromatic rings. The Hall–Kier alpha value is -0.0800. The Labute approximate surface area is 133 Å². The van der Waals surface area contributed by atoms with E-state index in [1.54, 1.807) is 0 Å². The normalized spacial score (nSPS) is 14.3. The Bertz CT molecular complexity index is 194. The molecule has 0 aliphatic rings. The van der Waals surface area contributed by atoms with E-state index in [1.807, 2.05) is 6.92 Å². The van der Waals surface area contributed by atoms with E-state index in [-0.39, 0.29) is 5.92 Å². The quantitative estimate of drug-likeness (QED) is 0.281. The molecule has 0 spiro atoms. The van der Waals surface area contributed by atoms with Crippen LogP contribution in [0.3, 0.4) is 0 Å². The summed E-state index contributed by atoms with van der Waals surface area (Å²) in [6, 6.07) is 0. The van der Waals surface area contributed by atoms with Gasteiger partial charge in [0.05, 0.1) is 0 Å². The predicted molar refractivity (Wildman–Crippen MR) is 94.3 cm³/mol. The van der Waals surface area contributed by atoms with Crippen LogP contribution in [-0.2, 0) is 0 Å². The Morgan fingerprint density at radius 3 is 1.33 bits per heavy atom. The maximum atomic E-state index is 9.20. The molecule has 0 saturated heterocycles. The van der Waals surface area contributed by atoms with Crippen LogP contribution in [0.1, 0.15) is 110 Å². The van der Waals surface area contributed by atoms with Crippen LogP contribution in [-0.4, -0.2) is 11.3 Å². The van der Waals surface area contributed by atoms with Crippen molar-refractivity contribution in [3.05, 3.63) is 0 Å². The largest absolute Gasteiger partial charge is 0.379 e. The maximum Gasteiger partial charge on any atom is 0.104 e. The molecule has 0 rings (SSSR count). The molecule has 0 amide bonds. The van der Waals surface area contributed by atoms with Crippen LogP contribution in [0, 0.1) is 5.92 Å². The zero-order valence-corrected chi connectivity index (χ0v) is 14.8. The summed E-state index contributed by atoms with van der Waals surface area (Å²) in [5, 5.41) is 9.20. The number of hydrogen-bond acceptors (Lipinski definition) is 2. The molecule has 0 heterocycles. The minimum atomic E-state index is -0.632. The van der Waals surface area contributed by atoms with Crippen LogP contribution in [0.5, 0.6) is 0 Å². The molecule has 0 radical (unpaired) electrons. The summed E-state index contributed by atoms with van der Waals surface area (Å²) in [6.07, 6.45) is 20.0. The summed E-state index contributed by atoms with van der Waals surface area (Å²) in [6.45, 7) is 4.31. The second-order valence-electron chi connectivity index (χ2n) is 6.85. The standard InChI is InChI=1S/C19H41NO/c1-3-4-5-6-7-8-9-10-11-12-13-14-15-16-17-18(2)19(20)21/h18-19,21H,3-17,20H2,1-2H3. The van der Waals surface area contributed by atoms with Crippen molar-refractivity contribution in [1.82, 2.24) is 0 Å². The molecule has 0 aromatic carbocycles. The fraction of sp³-hybridized carbons (Fsp3) is 1.00. The average Bonchev–Trinajstić information content (AvgIpc) is 2.47. The van der Waals surface area contributed by atoms with Gasteiger partial charge in [0, 0.05) is 0 Å². The van der Waals surface area contributed by atoms with Gasteiger partial charge in [-0.05, 0) is 12.3 Å². The number of nitrogens with two attached hydrogens (primary N) is 1. The average molecular weight is 300 g/mol. The van der Waals surface area contributed by atoms with E-state index in [9.17, 15) is 5.11 Å². The van der Waals surface area contributed by atoms with Gasteiger partial charge in [-0.15, -0.1) is 0 Å². The highest BCUT2D eigenvalue weighted by atomic mass is 16.3. The lowest BCUT2D eigenvalue weighted by Crippen LogP contribution is -2.27. The number of aliphatic hydroxyl groups excluding tert-OH is 1. The molecule has 3 N–H and O–H groups in total. The summed E-state index contributed by atoms with van der Waals surface area (Å²) in [5.41, 5.74) is 5.45. The van der Waals surface area contributed by atoms with Gasteiger partial charge in [-0.25, -0.2) is 0 Å². The zero-order chi connectivity index (χ0) is 15.8. The van der Waals surface area contributed by atoms with Gasteiger partial charge in [0.15, 0.2) is 0 Å². The van der Waals surface area contributed by atoms with Gasteiger partial charge >= 0.3 is 0 Å². The highest BCUT2D eigenvalue weighted by Crippen LogP contribution is 2.15. The molecule has 0 aliphatic carbocycles. The molecule has 0 aromatic heterocycles. The molecule has 0 fully saturated rings. The van der Waals surface area contributed by atoms with Gasteiger partial charge < -0.3 is 10.8 Å². The van der Waals surface area contributed by atoms with Gasteiger partial charge in [-0.3, -0.25) is 0 Å². The van der Waals surface area contributed by atoms with E-state index >= 15 is 0 Å². The Balaban J connectivity index is 3.03. The van der Waals surface area contributed by atoms with Crippen LogP contribution in [0.2, 0.25) is 0 Å². The summed E-state index contributed by atoms with van der Waals surface area (Å²) >= 11 is 0. The smallest absolute Gasteiger partial charge is 0.104 e. The summed E-state index contributed by atoms with van der Waals surface area (Å²) in [5.74, 6) is 0.252. The molecule has 0 aliphatic heterocycles. The second-order valence-corrected chi connectivity index (χ2v) is 6.85. The molecule has 0 saturated carbocycles. The number of aliphatic hydroxyl groups is 1. The lowest BCUT2D eigenvalue weighted by molar-refractivity contribution is 0.117. The van der Waals surface area contributed by atoms with Crippen molar-refractivity contribution in [2.45, 2.75) is 116 Å². The minimum Gasteiger partial charge on any atom is -0.379 e. The van der Waals surface area contributed by atoms with Crippen LogP contribution in [0.25, 0.3) is 0 Å². The predicted octanol–water partition coefficient (Wildman–Crippen LogP) is 5.77.